The third kappa shape index (κ3) is 6.06. The van der Waals surface area contributed by atoms with Crippen LogP contribution in [0.15, 0.2) is 0 Å². The minimum absolute atomic E-state index is 0.177. The number of ether oxygens (including phenoxy) is 2. The maximum Gasteiger partial charge on any atom is 0.425 e. The lowest BCUT2D eigenvalue weighted by Crippen LogP contribution is -2.54. The molecule has 0 amide bonds. The average molecular weight is 418 g/mol. The molecule has 0 N–H and O–H groups in total. The van der Waals surface area contributed by atoms with Gasteiger partial charge < -0.3 is 9.47 Å². The second kappa shape index (κ2) is 8.40. The number of alkyl halides is 12. The molecule has 2 nitrogen and oxygen atoms in total. The number of halogens is 12. The van der Waals surface area contributed by atoms with Crippen LogP contribution in [-0.2, 0) is 9.47 Å². The van der Waals surface area contributed by atoms with E-state index in [9.17, 15) is 52.7 Å². The van der Waals surface area contributed by atoms with Crippen LogP contribution in [0.1, 0.15) is 13.8 Å². The first-order valence-corrected chi connectivity index (χ1v) is 6.80. The average Bonchev–Trinajstić information content (AvgIpc) is 2.47. The van der Waals surface area contributed by atoms with Gasteiger partial charge in [-0.2, -0.15) is 35.1 Å². The Morgan fingerprint density at radius 3 is 1.42 bits per heavy atom. The summed E-state index contributed by atoms with van der Waals surface area (Å²) >= 11 is 0. The van der Waals surface area contributed by atoms with Crippen molar-refractivity contribution in [1.82, 2.24) is 0 Å². The zero-order chi connectivity index (χ0) is 21.1. The van der Waals surface area contributed by atoms with Crippen molar-refractivity contribution < 1.29 is 62.2 Å². The molecular formula is C12H14F12O2. The molecule has 0 saturated heterocycles. The van der Waals surface area contributed by atoms with E-state index in [1.807, 2.05) is 0 Å². The Balaban J connectivity index is 5.25. The fraction of sp³-hybridized carbons (Fsp3) is 1.00. The van der Waals surface area contributed by atoms with Crippen LogP contribution in [0.4, 0.5) is 52.7 Å². The second-order valence-corrected chi connectivity index (χ2v) is 5.08. The smallest absolute Gasteiger partial charge is 0.370 e. The third-order valence-electron chi connectivity index (χ3n) is 3.09. The van der Waals surface area contributed by atoms with E-state index in [0.29, 0.717) is 0 Å². The van der Waals surface area contributed by atoms with Crippen LogP contribution in [0.5, 0.6) is 0 Å². The van der Waals surface area contributed by atoms with Crippen molar-refractivity contribution in [2.75, 3.05) is 13.2 Å². The molecule has 14 heteroatoms. The fourth-order valence-corrected chi connectivity index (χ4v) is 1.62. The molecule has 4 atom stereocenters. The van der Waals surface area contributed by atoms with Gasteiger partial charge in [0.05, 0.1) is 6.61 Å². The van der Waals surface area contributed by atoms with Gasteiger partial charge in [-0.1, -0.05) is 0 Å². The van der Waals surface area contributed by atoms with Gasteiger partial charge in [0.2, 0.25) is 0 Å². The molecular weight excluding hydrogens is 404 g/mol. The molecule has 0 heterocycles. The summed E-state index contributed by atoms with van der Waals surface area (Å²) < 4.78 is 160. The lowest BCUT2D eigenvalue weighted by molar-refractivity contribution is -0.292. The molecule has 0 aliphatic carbocycles. The summed E-state index contributed by atoms with van der Waals surface area (Å²) in [6.45, 7) is -1.41. The minimum atomic E-state index is -6.03. The standard InChI is InChI=1S/C12H14F12O2/c1-3-25-6(10(17,18)8(14)12(22,23)24)4-26-5(2)9(15,16)7(13)11(19,20)21/h5-8H,3-4H2,1-2H3. The molecule has 0 aromatic heterocycles. The molecule has 26 heavy (non-hydrogen) atoms. The first-order valence-electron chi connectivity index (χ1n) is 6.80. The van der Waals surface area contributed by atoms with Gasteiger partial charge in [0.25, 0.3) is 12.3 Å². The molecule has 4 unspecified atom stereocenters. The van der Waals surface area contributed by atoms with E-state index < -0.39 is 62.0 Å². The summed E-state index contributed by atoms with van der Waals surface area (Å²) in [5.41, 5.74) is 0. The quantitative estimate of drug-likeness (QED) is 0.498. The van der Waals surface area contributed by atoms with Crippen LogP contribution in [0.2, 0.25) is 0 Å². The summed E-state index contributed by atoms with van der Waals surface area (Å²) in [7, 11) is 0. The first kappa shape index (κ1) is 25.1. The molecule has 0 bridgehead atoms. The van der Waals surface area contributed by atoms with Gasteiger partial charge >= 0.3 is 24.2 Å². The molecule has 0 spiro atoms. The fourth-order valence-electron chi connectivity index (χ4n) is 1.62. The molecule has 0 aromatic carbocycles. The molecule has 0 radical (unpaired) electrons. The molecule has 0 aromatic rings. The first-order chi connectivity index (χ1) is 11.4. The highest BCUT2D eigenvalue weighted by Crippen LogP contribution is 2.40. The Bertz CT molecular complexity index is 433. The van der Waals surface area contributed by atoms with Crippen molar-refractivity contribution in [3.8, 4) is 0 Å². The van der Waals surface area contributed by atoms with Crippen molar-refractivity contribution in [3.05, 3.63) is 0 Å². The monoisotopic (exact) mass is 418 g/mol. The Kier molecular flexibility index (Phi) is 8.10. The van der Waals surface area contributed by atoms with Crippen molar-refractivity contribution in [1.29, 1.82) is 0 Å². The lowest BCUT2D eigenvalue weighted by Gasteiger charge is -2.32. The topological polar surface area (TPSA) is 18.5 Å². The highest BCUT2D eigenvalue weighted by atomic mass is 19.4. The Morgan fingerprint density at radius 1 is 0.692 bits per heavy atom. The Hall–Kier alpha value is -0.920. The van der Waals surface area contributed by atoms with E-state index in [2.05, 4.69) is 9.47 Å². The van der Waals surface area contributed by atoms with E-state index in [1.165, 1.54) is 0 Å². The van der Waals surface area contributed by atoms with Crippen molar-refractivity contribution in [3.63, 3.8) is 0 Å². The number of rotatable bonds is 9. The van der Waals surface area contributed by atoms with Crippen LogP contribution in [0.3, 0.4) is 0 Å². The van der Waals surface area contributed by atoms with Crippen molar-refractivity contribution in [2.45, 2.75) is 62.6 Å². The summed E-state index contributed by atoms with van der Waals surface area (Å²) in [4.78, 5) is 0. The molecule has 0 aliphatic rings. The van der Waals surface area contributed by atoms with Crippen LogP contribution in [0, 0.1) is 0 Å². The van der Waals surface area contributed by atoms with Gasteiger partial charge in [-0.05, 0) is 13.8 Å². The van der Waals surface area contributed by atoms with Gasteiger partial charge in [-0.3, -0.25) is 0 Å². The molecule has 0 aliphatic heterocycles. The van der Waals surface area contributed by atoms with Gasteiger partial charge in [0.1, 0.15) is 12.2 Å². The van der Waals surface area contributed by atoms with Crippen LogP contribution < -0.4 is 0 Å². The number of hydrogen-bond donors (Lipinski definition) is 0. The molecule has 0 rings (SSSR count). The Labute approximate surface area is 139 Å². The van der Waals surface area contributed by atoms with Crippen LogP contribution in [-0.4, -0.2) is 62.0 Å². The summed E-state index contributed by atoms with van der Waals surface area (Å²) in [5.74, 6) is -10.5. The predicted molar refractivity (Wildman–Crippen MR) is 62.6 cm³/mol. The number of hydrogen-bond acceptors (Lipinski definition) is 2. The lowest BCUT2D eigenvalue weighted by atomic mass is 10.1. The molecule has 158 valence electrons. The summed E-state index contributed by atoms with van der Waals surface area (Å²) in [6.07, 6.45) is -27.6. The Morgan fingerprint density at radius 2 is 1.08 bits per heavy atom. The van der Waals surface area contributed by atoms with E-state index >= 15 is 0 Å². The normalized spacial score (nSPS) is 19.2. The van der Waals surface area contributed by atoms with Crippen LogP contribution >= 0.6 is 0 Å². The zero-order valence-electron chi connectivity index (χ0n) is 13.1. The van der Waals surface area contributed by atoms with E-state index in [1.54, 1.807) is 0 Å². The minimum Gasteiger partial charge on any atom is -0.370 e. The highest BCUT2D eigenvalue weighted by molar-refractivity contribution is 4.92. The highest BCUT2D eigenvalue weighted by Gasteiger charge is 2.62. The zero-order valence-corrected chi connectivity index (χ0v) is 13.1. The van der Waals surface area contributed by atoms with Gasteiger partial charge in [0, 0.05) is 6.61 Å². The van der Waals surface area contributed by atoms with Crippen molar-refractivity contribution in [2.24, 2.45) is 0 Å². The maximum atomic E-state index is 13.5. The van der Waals surface area contributed by atoms with Gasteiger partial charge in [-0.25, -0.2) is 17.6 Å². The summed E-state index contributed by atoms with van der Waals surface area (Å²) in [6, 6.07) is 0. The summed E-state index contributed by atoms with van der Waals surface area (Å²) in [5, 5.41) is 0. The largest absolute Gasteiger partial charge is 0.425 e. The predicted octanol–water partition coefficient (Wildman–Crippen LogP) is 4.87. The third-order valence-corrected chi connectivity index (χ3v) is 3.09. The van der Waals surface area contributed by atoms with E-state index in [-0.39, 0.29) is 6.92 Å². The molecule has 0 saturated carbocycles. The van der Waals surface area contributed by atoms with Gasteiger partial charge in [0.15, 0.2) is 0 Å². The van der Waals surface area contributed by atoms with E-state index in [0.717, 1.165) is 6.92 Å². The van der Waals surface area contributed by atoms with Gasteiger partial charge in [-0.15, -0.1) is 0 Å². The van der Waals surface area contributed by atoms with Crippen LogP contribution in [0.25, 0.3) is 0 Å². The SMILES string of the molecule is CCOC(COC(C)C(F)(F)C(F)C(F)(F)F)C(F)(F)C(F)C(F)(F)F. The van der Waals surface area contributed by atoms with E-state index in [4.69, 9.17) is 0 Å². The van der Waals surface area contributed by atoms with Crippen molar-refractivity contribution >= 4 is 0 Å². The second-order valence-electron chi connectivity index (χ2n) is 5.08. The molecule has 0 fully saturated rings. The maximum absolute atomic E-state index is 13.5.